The van der Waals surface area contributed by atoms with Crippen molar-refractivity contribution < 1.29 is 14.3 Å². The number of methoxy groups -OCH3 is 1. The lowest BCUT2D eigenvalue weighted by molar-refractivity contribution is 0.0747. The van der Waals surface area contributed by atoms with Crippen molar-refractivity contribution in [2.45, 2.75) is 37.8 Å². The number of benzene rings is 2. The molecule has 2 aliphatic rings. The fourth-order valence-electron chi connectivity index (χ4n) is 6.01. The Morgan fingerprint density at radius 1 is 1.00 bits per heavy atom. The van der Waals surface area contributed by atoms with Crippen LogP contribution in [-0.2, 0) is 25.3 Å². The van der Waals surface area contributed by atoms with Gasteiger partial charge in [-0.3, -0.25) is 14.2 Å². The number of rotatable bonds is 7. The third-order valence-corrected chi connectivity index (χ3v) is 9.17. The minimum Gasteiger partial charge on any atom is -0.481 e. The van der Waals surface area contributed by atoms with Crippen LogP contribution in [0, 0.1) is 0 Å². The molecule has 11 nitrogen and oxygen atoms in total. The number of fused-ring (bicyclic) bond motifs is 1. The Morgan fingerprint density at radius 3 is 2.42 bits per heavy atom. The topological polar surface area (TPSA) is 129 Å². The number of amides is 1. The first-order valence-electron chi connectivity index (χ1n) is 14.6. The van der Waals surface area contributed by atoms with Gasteiger partial charge in [-0.1, -0.05) is 53.5 Å². The quantitative estimate of drug-likeness (QED) is 0.298. The van der Waals surface area contributed by atoms with Crippen LogP contribution in [0.15, 0.2) is 52.1 Å². The molecule has 1 aliphatic heterocycles. The first-order chi connectivity index (χ1) is 21.7. The Bertz CT molecular complexity index is 1920. The predicted octanol–water partition coefficient (Wildman–Crippen LogP) is 4.53. The highest BCUT2D eigenvalue weighted by Gasteiger charge is 2.31. The standard InChI is InChI=1S/C32H32Cl2N6O5/c1-39-31(42)28(38-40(2)32(39)43)29(41)36-23-9-5-7-20(27(23)34)19-6-4-8-21(26(19)33)24-16-17-10-11-22(25(17)30(37-24)44-3)35-18-12-14-45-15-13-18/h4-9,16,18,22,35H,10-15H2,1-3H3,(H,36,41)/t22-/m0/s1. The molecule has 0 bridgehead atoms. The second-order valence-corrected chi connectivity index (χ2v) is 11.9. The first kappa shape index (κ1) is 31.0. The Balaban J connectivity index is 1.32. The third kappa shape index (κ3) is 5.88. The molecule has 45 heavy (non-hydrogen) atoms. The number of pyridine rings is 1. The van der Waals surface area contributed by atoms with Crippen LogP contribution in [0.3, 0.4) is 0 Å². The van der Waals surface area contributed by atoms with Crippen molar-refractivity contribution in [1.29, 1.82) is 0 Å². The molecule has 3 heterocycles. The number of halogens is 2. The largest absolute Gasteiger partial charge is 0.481 e. The molecule has 13 heteroatoms. The maximum atomic E-state index is 13.0. The van der Waals surface area contributed by atoms with Crippen LogP contribution in [0.5, 0.6) is 5.88 Å². The Hall–Kier alpha value is -4.03. The van der Waals surface area contributed by atoms with Crippen molar-refractivity contribution in [1.82, 2.24) is 24.6 Å². The van der Waals surface area contributed by atoms with Gasteiger partial charge in [-0.25, -0.2) is 14.5 Å². The number of ether oxygens (including phenoxy) is 2. The smallest absolute Gasteiger partial charge is 0.346 e. The monoisotopic (exact) mass is 650 g/mol. The van der Waals surface area contributed by atoms with E-state index in [4.69, 9.17) is 37.7 Å². The molecule has 2 N–H and O–H groups in total. The first-order valence-corrected chi connectivity index (χ1v) is 15.4. The van der Waals surface area contributed by atoms with Crippen LogP contribution in [0.2, 0.25) is 10.0 Å². The number of anilines is 1. The minimum absolute atomic E-state index is 0.161. The molecule has 0 saturated carbocycles. The van der Waals surface area contributed by atoms with E-state index in [2.05, 4.69) is 21.8 Å². The zero-order valence-corrected chi connectivity index (χ0v) is 26.5. The molecule has 2 aromatic heterocycles. The summed E-state index contributed by atoms with van der Waals surface area (Å²) in [6.45, 7) is 1.54. The van der Waals surface area contributed by atoms with E-state index in [0.29, 0.717) is 39.3 Å². The van der Waals surface area contributed by atoms with Gasteiger partial charge in [-0.15, -0.1) is 0 Å². The number of aryl methyl sites for hydroxylation is 2. The number of aromatic nitrogens is 4. The molecule has 1 amide bonds. The minimum atomic E-state index is -0.818. The predicted molar refractivity (Wildman–Crippen MR) is 172 cm³/mol. The molecule has 1 saturated heterocycles. The van der Waals surface area contributed by atoms with E-state index in [-0.39, 0.29) is 16.8 Å². The summed E-state index contributed by atoms with van der Waals surface area (Å²) in [4.78, 5) is 42.5. The highest BCUT2D eigenvalue weighted by molar-refractivity contribution is 6.39. The highest BCUT2D eigenvalue weighted by Crippen LogP contribution is 2.44. The summed E-state index contributed by atoms with van der Waals surface area (Å²) in [5.41, 5.74) is 3.19. The number of hydrogen-bond donors (Lipinski definition) is 2. The summed E-state index contributed by atoms with van der Waals surface area (Å²) in [7, 11) is 4.27. The highest BCUT2D eigenvalue weighted by atomic mass is 35.5. The fourth-order valence-corrected chi connectivity index (χ4v) is 6.61. The van der Waals surface area contributed by atoms with Crippen LogP contribution in [-0.4, -0.2) is 51.6 Å². The summed E-state index contributed by atoms with van der Waals surface area (Å²) in [5, 5.41) is 10.9. The molecule has 234 valence electrons. The van der Waals surface area contributed by atoms with E-state index in [1.807, 2.05) is 18.2 Å². The van der Waals surface area contributed by atoms with Crippen molar-refractivity contribution in [2.75, 3.05) is 25.6 Å². The summed E-state index contributed by atoms with van der Waals surface area (Å²) in [6.07, 6.45) is 3.81. The van der Waals surface area contributed by atoms with Gasteiger partial charge in [0.15, 0.2) is 0 Å². The molecule has 1 atom stereocenters. The molecule has 0 radical (unpaired) electrons. The van der Waals surface area contributed by atoms with Crippen molar-refractivity contribution in [3.05, 3.63) is 90.2 Å². The van der Waals surface area contributed by atoms with Gasteiger partial charge in [0.2, 0.25) is 11.6 Å². The second-order valence-electron chi connectivity index (χ2n) is 11.1. The maximum Gasteiger partial charge on any atom is 0.346 e. The van der Waals surface area contributed by atoms with Gasteiger partial charge in [0.05, 0.1) is 28.5 Å². The molecular weight excluding hydrogens is 619 g/mol. The van der Waals surface area contributed by atoms with Gasteiger partial charge in [0, 0.05) is 61.6 Å². The molecule has 4 aromatic rings. The molecule has 0 unspecified atom stereocenters. The van der Waals surface area contributed by atoms with E-state index in [9.17, 15) is 14.4 Å². The molecular formula is C32H32Cl2N6O5. The van der Waals surface area contributed by atoms with Crippen LogP contribution >= 0.6 is 23.2 Å². The average molecular weight is 652 g/mol. The number of carbonyl (C=O) groups is 1. The molecule has 0 spiro atoms. The number of carbonyl (C=O) groups excluding carboxylic acids is 1. The molecule has 1 fully saturated rings. The van der Waals surface area contributed by atoms with E-state index in [1.54, 1.807) is 25.3 Å². The van der Waals surface area contributed by atoms with Crippen molar-refractivity contribution in [3.63, 3.8) is 0 Å². The van der Waals surface area contributed by atoms with Crippen LogP contribution in [0.1, 0.15) is 46.9 Å². The second kappa shape index (κ2) is 12.8. The SMILES string of the molecule is COc1nc(-c2cccc(-c3cccc(NC(=O)c4nn(C)c(=O)n(C)c4=O)c3Cl)c2Cl)cc2c1[C@@H](NC1CCOCC1)CC2. The van der Waals surface area contributed by atoms with Gasteiger partial charge < -0.3 is 20.1 Å². The van der Waals surface area contributed by atoms with E-state index in [1.165, 1.54) is 19.7 Å². The normalized spacial score (nSPS) is 16.4. The number of hydrogen-bond acceptors (Lipinski definition) is 8. The zero-order chi connectivity index (χ0) is 31.8. The van der Waals surface area contributed by atoms with Crippen molar-refractivity contribution >= 4 is 34.8 Å². The number of nitrogens with zero attached hydrogens (tertiary/aromatic N) is 4. The lowest BCUT2D eigenvalue weighted by atomic mass is 9.99. The maximum absolute atomic E-state index is 13.0. The fraction of sp³-hybridized carbons (Fsp3) is 0.344. The van der Waals surface area contributed by atoms with Crippen molar-refractivity contribution in [3.8, 4) is 28.3 Å². The molecule has 1 aliphatic carbocycles. The number of nitrogens with one attached hydrogen (secondary N) is 2. The summed E-state index contributed by atoms with van der Waals surface area (Å²) >= 11 is 13.9. The van der Waals surface area contributed by atoms with Gasteiger partial charge in [0.1, 0.15) is 0 Å². The van der Waals surface area contributed by atoms with Gasteiger partial charge >= 0.3 is 5.69 Å². The zero-order valence-electron chi connectivity index (χ0n) is 25.0. The summed E-state index contributed by atoms with van der Waals surface area (Å²) in [6, 6.07) is 13.3. The lowest BCUT2D eigenvalue weighted by Crippen LogP contribution is -2.43. The van der Waals surface area contributed by atoms with Gasteiger partial charge in [-0.2, -0.15) is 5.10 Å². The van der Waals surface area contributed by atoms with E-state index >= 15 is 0 Å². The van der Waals surface area contributed by atoms with Gasteiger partial charge in [-0.05, 0) is 43.4 Å². The Morgan fingerprint density at radius 2 is 1.69 bits per heavy atom. The molecule has 2 aromatic carbocycles. The third-order valence-electron chi connectivity index (χ3n) is 8.36. The lowest BCUT2D eigenvalue weighted by Gasteiger charge is -2.27. The van der Waals surface area contributed by atoms with Crippen LogP contribution < -0.4 is 26.6 Å². The van der Waals surface area contributed by atoms with Crippen molar-refractivity contribution in [2.24, 2.45) is 14.1 Å². The Kier molecular flexibility index (Phi) is 8.78. The average Bonchev–Trinajstić information content (AvgIpc) is 3.45. The summed E-state index contributed by atoms with van der Waals surface area (Å²) in [5.74, 6) is -0.226. The van der Waals surface area contributed by atoms with E-state index < -0.39 is 22.9 Å². The van der Waals surface area contributed by atoms with Crippen LogP contribution in [0.25, 0.3) is 22.4 Å². The molecule has 6 rings (SSSR count). The van der Waals surface area contributed by atoms with Gasteiger partial charge in [0.25, 0.3) is 11.5 Å². The van der Waals surface area contributed by atoms with E-state index in [0.717, 1.165) is 53.7 Å². The Labute approximate surface area is 269 Å². The summed E-state index contributed by atoms with van der Waals surface area (Å²) < 4.78 is 13.1. The van der Waals surface area contributed by atoms with Crippen LogP contribution in [0.4, 0.5) is 5.69 Å².